The molecular weight excluding hydrogens is 492 g/mol. The zero-order valence-corrected chi connectivity index (χ0v) is 20.4. The van der Waals surface area contributed by atoms with Crippen molar-refractivity contribution in [3.05, 3.63) is 75.5 Å². The van der Waals surface area contributed by atoms with Gasteiger partial charge in [-0.15, -0.1) is 0 Å². The van der Waals surface area contributed by atoms with Gasteiger partial charge in [0.2, 0.25) is 0 Å². The molecular formula is C23H23BrN4O3S. The van der Waals surface area contributed by atoms with Gasteiger partial charge in [0.05, 0.1) is 23.5 Å². The number of carbonyl (C=O) groups excluding carboxylic acids is 1. The van der Waals surface area contributed by atoms with Gasteiger partial charge in [-0.3, -0.25) is 4.79 Å². The first-order valence-corrected chi connectivity index (χ1v) is 11.5. The largest absolute Gasteiger partial charge is 0.493 e. The van der Waals surface area contributed by atoms with Crippen LogP contribution in [-0.2, 0) is 11.4 Å². The van der Waals surface area contributed by atoms with Gasteiger partial charge < -0.3 is 9.47 Å². The van der Waals surface area contributed by atoms with Gasteiger partial charge in [0.15, 0.2) is 16.7 Å². The molecule has 2 aromatic carbocycles. The maximum absolute atomic E-state index is 12.1. The minimum atomic E-state index is -0.247. The molecule has 32 heavy (non-hydrogen) atoms. The summed E-state index contributed by atoms with van der Waals surface area (Å²) in [6, 6.07) is 15.4. The van der Waals surface area contributed by atoms with Crippen LogP contribution in [-0.4, -0.2) is 35.0 Å². The molecule has 1 heterocycles. The fraction of sp³-hybridized carbons (Fsp3) is 0.217. The summed E-state index contributed by atoms with van der Waals surface area (Å²) in [4.78, 5) is 20.7. The second kappa shape index (κ2) is 11.6. The lowest BCUT2D eigenvalue weighted by molar-refractivity contribution is -0.118. The van der Waals surface area contributed by atoms with Gasteiger partial charge in [-0.2, -0.15) is 5.10 Å². The van der Waals surface area contributed by atoms with E-state index in [9.17, 15) is 4.79 Å². The van der Waals surface area contributed by atoms with Crippen LogP contribution in [0.5, 0.6) is 11.5 Å². The van der Waals surface area contributed by atoms with E-state index >= 15 is 0 Å². The molecule has 1 N–H and O–H groups in total. The standard InChI is InChI=1S/C23H23BrN4O3S/c1-15-9-16(2)27-23(26-15)32-14-21(29)28-25-12-18-10-19(24)22(20(11-18)30-3)31-13-17-7-5-4-6-8-17/h4-12H,13-14H2,1-3H3,(H,28,29)/b25-12-. The number of rotatable bonds is 9. The third kappa shape index (κ3) is 7.06. The Balaban J connectivity index is 1.57. The number of hydrazone groups is 1. The molecule has 7 nitrogen and oxygen atoms in total. The van der Waals surface area contributed by atoms with Gasteiger partial charge in [-0.25, -0.2) is 15.4 Å². The summed E-state index contributed by atoms with van der Waals surface area (Å²) in [6.45, 7) is 4.21. The van der Waals surface area contributed by atoms with Crippen LogP contribution in [0.2, 0.25) is 0 Å². The molecule has 3 aromatic rings. The summed E-state index contributed by atoms with van der Waals surface area (Å²) in [5, 5.41) is 4.60. The van der Waals surface area contributed by atoms with Crippen LogP contribution in [0.1, 0.15) is 22.5 Å². The number of ether oxygens (including phenoxy) is 2. The summed E-state index contributed by atoms with van der Waals surface area (Å²) in [6.07, 6.45) is 1.55. The van der Waals surface area contributed by atoms with Gasteiger partial charge in [0.1, 0.15) is 6.61 Å². The lowest BCUT2D eigenvalue weighted by Gasteiger charge is -2.13. The number of carbonyl (C=O) groups is 1. The molecule has 0 aliphatic carbocycles. The van der Waals surface area contributed by atoms with E-state index in [-0.39, 0.29) is 11.7 Å². The van der Waals surface area contributed by atoms with Crippen LogP contribution in [0.25, 0.3) is 0 Å². The van der Waals surface area contributed by atoms with Crippen LogP contribution in [0.4, 0.5) is 0 Å². The van der Waals surface area contributed by atoms with E-state index in [1.54, 1.807) is 19.4 Å². The maximum Gasteiger partial charge on any atom is 0.250 e. The monoisotopic (exact) mass is 514 g/mol. The Kier molecular flexibility index (Phi) is 8.64. The van der Waals surface area contributed by atoms with E-state index in [1.807, 2.05) is 56.3 Å². The Morgan fingerprint density at radius 1 is 1.16 bits per heavy atom. The van der Waals surface area contributed by atoms with E-state index in [4.69, 9.17) is 9.47 Å². The van der Waals surface area contributed by atoms with Crippen molar-refractivity contribution in [2.75, 3.05) is 12.9 Å². The maximum atomic E-state index is 12.1. The molecule has 0 unspecified atom stereocenters. The van der Waals surface area contributed by atoms with E-state index in [0.717, 1.165) is 27.0 Å². The average molecular weight is 515 g/mol. The number of methoxy groups -OCH3 is 1. The Labute approximate surface area is 199 Å². The lowest BCUT2D eigenvalue weighted by atomic mass is 10.2. The number of halogens is 1. The van der Waals surface area contributed by atoms with E-state index in [1.165, 1.54) is 11.8 Å². The smallest absolute Gasteiger partial charge is 0.250 e. The van der Waals surface area contributed by atoms with Crippen molar-refractivity contribution in [2.45, 2.75) is 25.6 Å². The summed E-state index contributed by atoms with van der Waals surface area (Å²) in [5.41, 5.74) is 6.05. The van der Waals surface area contributed by atoms with Crippen LogP contribution in [0.3, 0.4) is 0 Å². The zero-order chi connectivity index (χ0) is 22.9. The highest BCUT2D eigenvalue weighted by molar-refractivity contribution is 9.10. The molecule has 0 aliphatic heterocycles. The first-order chi connectivity index (χ1) is 15.4. The molecule has 0 fully saturated rings. The quantitative estimate of drug-likeness (QED) is 0.193. The van der Waals surface area contributed by atoms with Crippen molar-refractivity contribution >= 4 is 39.8 Å². The topological polar surface area (TPSA) is 85.7 Å². The number of aryl methyl sites for hydroxylation is 2. The molecule has 1 amide bonds. The van der Waals surface area contributed by atoms with Gasteiger partial charge in [-0.1, -0.05) is 42.1 Å². The fourth-order valence-corrected chi connectivity index (χ4v) is 4.10. The Morgan fingerprint density at radius 3 is 2.56 bits per heavy atom. The van der Waals surface area contributed by atoms with Crippen LogP contribution < -0.4 is 14.9 Å². The number of benzene rings is 2. The number of nitrogens with one attached hydrogen (secondary N) is 1. The van der Waals surface area contributed by atoms with Crippen molar-refractivity contribution in [1.29, 1.82) is 0 Å². The van der Waals surface area contributed by atoms with Gasteiger partial charge in [0.25, 0.3) is 5.91 Å². The molecule has 0 saturated carbocycles. The van der Waals surface area contributed by atoms with E-state index < -0.39 is 0 Å². The fourth-order valence-electron chi connectivity index (χ4n) is 2.78. The number of nitrogens with zero attached hydrogens (tertiary/aromatic N) is 3. The predicted octanol–water partition coefficient (Wildman–Crippen LogP) is 4.69. The molecule has 9 heteroatoms. The minimum Gasteiger partial charge on any atom is -0.493 e. The summed E-state index contributed by atoms with van der Waals surface area (Å²) in [5.74, 6) is 1.08. The number of hydrogen-bond acceptors (Lipinski definition) is 7. The summed E-state index contributed by atoms with van der Waals surface area (Å²) in [7, 11) is 1.58. The molecule has 0 spiro atoms. The van der Waals surface area contributed by atoms with Gasteiger partial charge >= 0.3 is 0 Å². The average Bonchev–Trinajstić information content (AvgIpc) is 2.76. The number of thioether (sulfide) groups is 1. The first-order valence-electron chi connectivity index (χ1n) is 9.76. The number of amides is 1. The molecule has 0 aliphatic rings. The normalized spacial score (nSPS) is 10.9. The number of hydrogen-bond donors (Lipinski definition) is 1. The van der Waals surface area contributed by atoms with Crippen molar-refractivity contribution in [3.63, 3.8) is 0 Å². The highest BCUT2D eigenvalue weighted by Crippen LogP contribution is 2.36. The third-order valence-corrected chi connectivity index (χ3v) is 5.61. The van der Waals surface area contributed by atoms with Crippen molar-refractivity contribution in [1.82, 2.24) is 15.4 Å². The Bertz CT molecular complexity index is 1090. The van der Waals surface area contributed by atoms with Crippen LogP contribution in [0, 0.1) is 13.8 Å². The number of aromatic nitrogens is 2. The molecule has 0 saturated heterocycles. The molecule has 0 bridgehead atoms. The first kappa shape index (κ1) is 23.7. The second-order valence-electron chi connectivity index (χ2n) is 6.82. The highest BCUT2D eigenvalue weighted by atomic mass is 79.9. The van der Waals surface area contributed by atoms with Crippen molar-refractivity contribution < 1.29 is 14.3 Å². The highest BCUT2D eigenvalue weighted by Gasteiger charge is 2.12. The molecule has 0 radical (unpaired) electrons. The van der Waals surface area contributed by atoms with E-state index in [0.29, 0.717) is 23.3 Å². The summed E-state index contributed by atoms with van der Waals surface area (Å²) >= 11 is 4.79. The molecule has 1 aromatic heterocycles. The lowest BCUT2D eigenvalue weighted by Crippen LogP contribution is -2.19. The Hall–Kier alpha value is -2.91. The zero-order valence-electron chi connectivity index (χ0n) is 18.0. The van der Waals surface area contributed by atoms with Crippen LogP contribution >= 0.6 is 27.7 Å². The van der Waals surface area contributed by atoms with E-state index in [2.05, 4.69) is 36.4 Å². The van der Waals surface area contributed by atoms with Gasteiger partial charge in [0, 0.05) is 11.4 Å². The minimum absolute atomic E-state index is 0.166. The Morgan fingerprint density at radius 2 is 1.88 bits per heavy atom. The summed E-state index contributed by atoms with van der Waals surface area (Å²) < 4.78 is 12.1. The molecule has 166 valence electrons. The molecule has 0 atom stereocenters. The predicted molar refractivity (Wildman–Crippen MR) is 129 cm³/mol. The third-order valence-electron chi connectivity index (χ3n) is 4.17. The second-order valence-corrected chi connectivity index (χ2v) is 8.62. The van der Waals surface area contributed by atoms with Gasteiger partial charge in [-0.05, 0) is 59.1 Å². The molecule has 3 rings (SSSR count). The van der Waals surface area contributed by atoms with Crippen molar-refractivity contribution in [2.24, 2.45) is 5.10 Å². The van der Waals surface area contributed by atoms with Crippen LogP contribution in [0.15, 0.2) is 63.3 Å². The van der Waals surface area contributed by atoms with Crippen molar-refractivity contribution in [3.8, 4) is 11.5 Å². The SMILES string of the molecule is COc1cc(/C=N\NC(=O)CSc2nc(C)cc(C)n2)cc(Br)c1OCc1ccccc1.